The number of likely N-dealkylation sites (N-methyl/N-ethyl adjacent to an activating group) is 1. The molecule has 23 heavy (non-hydrogen) atoms. The Morgan fingerprint density at radius 2 is 1.91 bits per heavy atom. The van der Waals surface area contributed by atoms with Crippen molar-refractivity contribution >= 4 is 35.0 Å². The highest BCUT2D eigenvalue weighted by atomic mass is 35.5. The minimum atomic E-state index is -0.499. The Morgan fingerprint density at radius 1 is 1.22 bits per heavy atom. The monoisotopic (exact) mass is 358 g/mol. The molecule has 0 aliphatic carbocycles. The molecule has 6 heteroatoms. The molecule has 0 aliphatic heterocycles. The van der Waals surface area contributed by atoms with Crippen molar-refractivity contribution in [3.63, 3.8) is 0 Å². The third kappa shape index (κ3) is 5.70. The zero-order valence-electron chi connectivity index (χ0n) is 13.9. The van der Waals surface area contributed by atoms with Crippen LogP contribution in [0.15, 0.2) is 18.2 Å². The third-order valence-electron chi connectivity index (χ3n) is 3.56. The van der Waals surface area contributed by atoms with Gasteiger partial charge in [0.25, 0.3) is 0 Å². The smallest absolute Gasteiger partial charge is 0.242 e. The van der Waals surface area contributed by atoms with Gasteiger partial charge >= 0.3 is 0 Å². The molecule has 1 atom stereocenters. The van der Waals surface area contributed by atoms with Crippen LogP contribution >= 0.6 is 23.2 Å². The molecule has 0 spiro atoms. The van der Waals surface area contributed by atoms with Gasteiger partial charge in [-0.15, -0.1) is 0 Å². The van der Waals surface area contributed by atoms with Crippen LogP contribution in [0.1, 0.15) is 45.6 Å². The van der Waals surface area contributed by atoms with E-state index < -0.39 is 6.04 Å². The van der Waals surface area contributed by atoms with Gasteiger partial charge in [0.2, 0.25) is 11.8 Å². The number of rotatable bonds is 8. The maximum atomic E-state index is 12.5. The van der Waals surface area contributed by atoms with Gasteiger partial charge < -0.3 is 10.2 Å². The molecule has 0 fully saturated rings. The second-order valence-corrected chi connectivity index (χ2v) is 6.17. The third-order valence-corrected chi connectivity index (χ3v) is 4.14. The highest BCUT2D eigenvalue weighted by Gasteiger charge is 2.28. The lowest BCUT2D eigenvalue weighted by Gasteiger charge is -2.30. The number of amides is 2. The lowest BCUT2D eigenvalue weighted by molar-refractivity contribution is -0.141. The van der Waals surface area contributed by atoms with Gasteiger partial charge in [0.15, 0.2) is 0 Å². The first-order valence-corrected chi connectivity index (χ1v) is 8.71. The van der Waals surface area contributed by atoms with Crippen LogP contribution in [0.25, 0.3) is 0 Å². The molecule has 4 nitrogen and oxygen atoms in total. The quantitative estimate of drug-likeness (QED) is 0.762. The number of nitrogens with one attached hydrogen (secondary N) is 1. The second-order valence-electron chi connectivity index (χ2n) is 5.33. The van der Waals surface area contributed by atoms with Crippen LogP contribution in [-0.4, -0.2) is 29.3 Å². The van der Waals surface area contributed by atoms with Gasteiger partial charge in [-0.05, 0) is 37.5 Å². The zero-order chi connectivity index (χ0) is 17.4. The Kier molecular flexibility index (Phi) is 8.42. The SMILES string of the molecule is CCCC(=O)N(Cc1ccc(Cl)cc1Cl)C(CC)C(=O)NCC. The summed E-state index contributed by atoms with van der Waals surface area (Å²) in [7, 11) is 0. The maximum absolute atomic E-state index is 12.5. The molecule has 0 saturated carbocycles. The number of hydrogen-bond donors (Lipinski definition) is 1. The van der Waals surface area contributed by atoms with Gasteiger partial charge in [-0.25, -0.2) is 0 Å². The fourth-order valence-corrected chi connectivity index (χ4v) is 2.87. The van der Waals surface area contributed by atoms with E-state index in [0.29, 0.717) is 36.0 Å². The molecule has 1 aromatic carbocycles. The standard InChI is InChI=1S/C17H24Cl2N2O2/c1-4-7-16(22)21(15(5-2)17(23)20-6-3)11-12-8-9-13(18)10-14(12)19/h8-10,15H,4-7,11H2,1-3H3,(H,20,23). The molecule has 0 heterocycles. The Morgan fingerprint density at radius 3 is 2.43 bits per heavy atom. The lowest BCUT2D eigenvalue weighted by Crippen LogP contribution is -2.48. The van der Waals surface area contributed by atoms with Crippen molar-refractivity contribution in [3.8, 4) is 0 Å². The molecular formula is C17H24Cl2N2O2. The largest absolute Gasteiger partial charge is 0.355 e. The van der Waals surface area contributed by atoms with E-state index in [1.54, 1.807) is 23.1 Å². The summed E-state index contributed by atoms with van der Waals surface area (Å²) in [5, 5.41) is 3.84. The molecule has 0 bridgehead atoms. The van der Waals surface area contributed by atoms with Gasteiger partial charge in [0.1, 0.15) is 6.04 Å². The second kappa shape index (κ2) is 9.78. The minimum Gasteiger partial charge on any atom is -0.355 e. The summed E-state index contributed by atoms with van der Waals surface area (Å²) in [4.78, 5) is 26.4. The summed E-state index contributed by atoms with van der Waals surface area (Å²) in [5.74, 6) is -0.179. The minimum absolute atomic E-state index is 0.0448. The van der Waals surface area contributed by atoms with E-state index >= 15 is 0 Å². The van der Waals surface area contributed by atoms with E-state index in [1.165, 1.54) is 0 Å². The number of hydrogen-bond acceptors (Lipinski definition) is 2. The summed E-state index contributed by atoms with van der Waals surface area (Å²) in [6.07, 6.45) is 1.68. The van der Waals surface area contributed by atoms with Gasteiger partial charge in [0, 0.05) is 29.6 Å². The van der Waals surface area contributed by atoms with Crippen molar-refractivity contribution in [2.45, 2.75) is 52.6 Å². The van der Waals surface area contributed by atoms with E-state index in [2.05, 4.69) is 5.32 Å². The van der Waals surface area contributed by atoms with E-state index in [-0.39, 0.29) is 11.8 Å². The average Bonchev–Trinajstić information content (AvgIpc) is 2.49. The van der Waals surface area contributed by atoms with Gasteiger partial charge in [-0.3, -0.25) is 9.59 Å². The average molecular weight is 359 g/mol. The Bertz CT molecular complexity index is 549. The summed E-state index contributed by atoms with van der Waals surface area (Å²) < 4.78 is 0. The number of nitrogens with zero attached hydrogens (tertiary/aromatic N) is 1. The molecular weight excluding hydrogens is 335 g/mol. The number of halogens is 2. The first-order chi connectivity index (χ1) is 10.9. The van der Waals surface area contributed by atoms with Crippen molar-refractivity contribution in [2.75, 3.05) is 6.54 Å². The van der Waals surface area contributed by atoms with Crippen LogP contribution in [-0.2, 0) is 16.1 Å². The van der Waals surface area contributed by atoms with Crippen LogP contribution in [0.2, 0.25) is 10.0 Å². The van der Waals surface area contributed by atoms with E-state index in [4.69, 9.17) is 23.2 Å². The molecule has 0 aliphatic rings. The molecule has 128 valence electrons. The summed E-state index contributed by atoms with van der Waals surface area (Å²) >= 11 is 12.1. The van der Waals surface area contributed by atoms with Crippen LogP contribution in [0.4, 0.5) is 0 Å². The highest BCUT2D eigenvalue weighted by Crippen LogP contribution is 2.24. The van der Waals surface area contributed by atoms with Crippen molar-refractivity contribution in [1.29, 1.82) is 0 Å². The van der Waals surface area contributed by atoms with E-state index in [9.17, 15) is 9.59 Å². The fraction of sp³-hybridized carbons (Fsp3) is 0.529. The molecule has 0 aromatic heterocycles. The van der Waals surface area contributed by atoms with Crippen LogP contribution in [0, 0.1) is 0 Å². The van der Waals surface area contributed by atoms with E-state index in [0.717, 1.165) is 12.0 Å². The zero-order valence-corrected chi connectivity index (χ0v) is 15.4. The van der Waals surface area contributed by atoms with E-state index in [1.807, 2.05) is 20.8 Å². The van der Waals surface area contributed by atoms with Crippen LogP contribution in [0.5, 0.6) is 0 Å². The van der Waals surface area contributed by atoms with Gasteiger partial charge in [-0.1, -0.05) is 43.1 Å². The Labute approximate surface area is 148 Å². The van der Waals surface area contributed by atoms with Crippen molar-refractivity contribution in [2.24, 2.45) is 0 Å². The predicted octanol–water partition coefficient (Wildman–Crippen LogP) is 4.04. The topological polar surface area (TPSA) is 49.4 Å². The first kappa shape index (κ1) is 19.8. The molecule has 1 N–H and O–H groups in total. The first-order valence-electron chi connectivity index (χ1n) is 7.95. The van der Waals surface area contributed by atoms with Crippen molar-refractivity contribution in [3.05, 3.63) is 33.8 Å². The van der Waals surface area contributed by atoms with Gasteiger partial charge in [0.05, 0.1) is 0 Å². The van der Waals surface area contributed by atoms with Crippen molar-refractivity contribution < 1.29 is 9.59 Å². The number of carbonyl (C=O) groups is 2. The Balaban J connectivity index is 3.08. The number of carbonyl (C=O) groups excluding carboxylic acids is 2. The highest BCUT2D eigenvalue weighted by molar-refractivity contribution is 6.35. The molecule has 1 aromatic rings. The van der Waals surface area contributed by atoms with Gasteiger partial charge in [-0.2, -0.15) is 0 Å². The molecule has 2 amide bonds. The number of benzene rings is 1. The molecule has 0 saturated heterocycles. The fourth-order valence-electron chi connectivity index (χ4n) is 2.40. The summed E-state index contributed by atoms with van der Waals surface area (Å²) in [6, 6.07) is 4.67. The maximum Gasteiger partial charge on any atom is 0.242 e. The molecule has 1 unspecified atom stereocenters. The molecule has 1 rings (SSSR count). The van der Waals surface area contributed by atoms with Crippen molar-refractivity contribution in [1.82, 2.24) is 10.2 Å². The van der Waals surface area contributed by atoms with Crippen LogP contribution < -0.4 is 5.32 Å². The normalized spacial score (nSPS) is 11.9. The molecule has 0 radical (unpaired) electrons. The van der Waals surface area contributed by atoms with Crippen LogP contribution in [0.3, 0.4) is 0 Å². The summed E-state index contributed by atoms with van der Waals surface area (Å²) in [5.41, 5.74) is 0.781. The summed E-state index contributed by atoms with van der Waals surface area (Å²) in [6.45, 7) is 6.53. The predicted molar refractivity (Wildman–Crippen MR) is 94.7 cm³/mol. The Hall–Kier alpha value is -1.26. The lowest BCUT2D eigenvalue weighted by atomic mass is 10.1.